The summed E-state index contributed by atoms with van der Waals surface area (Å²) in [5.74, 6) is -4.97. The molecule has 0 aliphatic carbocycles. The first kappa shape index (κ1) is 31.3. The third-order valence-electron chi connectivity index (χ3n) is 4.36. The molecular formula is C18H33N7O7S2. The van der Waals surface area contributed by atoms with E-state index in [2.05, 4.69) is 33.6 Å². The fourth-order valence-electron chi connectivity index (χ4n) is 2.54. The lowest BCUT2D eigenvalue weighted by atomic mass is 10.1. The van der Waals surface area contributed by atoms with E-state index in [0.29, 0.717) is 12.2 Å². The van der Waals surface area contributed by atoms with Gasteiger partial charge in [0.15, 0.2) is 5.96 Å². The van der Waals surface area contributed by atoms with Crippen LogP contribution >= 0.6 is 24.4 Å². The van der Waals surface area contributed by atoms with Crippen LogP contribution in [0.5, 0.6) is 0 Å². The molecule has 194 valence electrons. The van der Waals surface area contributed by atoms with Gasteiger partial charge in [-0.15, -0.1) is 0 Å². The van der Waals surface area contributed by atoms with Crippen molar-refractivity contribution in [3.63, 3.8) is 0 Å². The standard InChI is InChI=1S/C18H33N7O7S2/c1-34-6-4-9(19)14(28)25-12(8-33)16(30)24-11(7-13(26)27)15(29)23-10(17(31)32)3-2-5-22-18(20)21/h9-12,33H,2-8,19H2,1H3,(H,23,29)(H,24,30)(H,25,28)(H,26,27)(H,31,32)(H4,20,21,22). The average molecular weight is 524 g/mol. The summed E-state index contributed by atoms with van der Waals surface area (Å²) in [4.78, 5) is 63.7. The number of carbonyl (C=O) groups excluding carboxylic acids is 3. The number of thiol groups is 1. The van der Waals surface area contributed by atoms with Gasteiger partial charge in [-0.1, -0.05) is 0 Å². The van der Waals surface area contributed by atoms with Crippen LogP contribution in [0.25, 0.3) is 0 Å². The second-order valence-corrected chi connectivity index (χ2v) is 8.49. The van der Waals surface area contributed by atoms with E-state index in [4.69, 9.17) is 22.3 Å². The Morgan fingerprint density at radius 3 is 2.00 bits per heavy atom. The summed E-state index contributed by atoms with van der Waals surface area (Å²) in [6.45, 7) is 0.125. The number of aliphatic imine (C=N–C) groups is 1. The molecule has 0 saturated carbocycles. The molecule has 14 nitrogen and oxygen atoms in total. The Kier molecular flexibility index (Phi) is 15.5. The first-order valence-electron chi connectivity index (χ1n) is 10.2. The molecule has 0 saturated heterocycles. The first-order valence-corrected chi connectivity index (χ1v) is 12.2. The van der Waals surface area contributed by atoms with Crippen molar-refractivity contribution in [3.05, 3.63) is 0 Å². The summed E-state index contributed by atoms with van der Waals surface area (Å²) in [5.41, 5.74) is 16.2. The van der Waals surface area contributed by atoms with Crippen LogP contribution in [0.15, 0.2) is 4.99 Å². The monoisotopic (exact) mass is 523 g/mol. The molecule has 0 rings (SSSR count). The number of nitrogens with zero attached hydrogens (tertiary/aromatic N) is 1. The highest BCUT2D eigenvalue weighted by Crippen LogP contribution is 2.03. The number of hydrogen-bond donors (Lipinski definition) is 9. The van der Waals surface area contributed by atoms with Crippen LogP contribution in [0.4, 0.5) is 0 Å². The van der Waals surface area contributed by atoms with E-state index in [1.165, 1.54) is 11.8 Å². The lowest BCUT2D eigenvalue weighted by molar-refractivity contribution is -0.143. The highest BCUT2D eigenvalue weighted by atomic mass is 32.2. The van der Waals surface area contributed by atoms with Crippen molar-refractivity contribution in [2.24, 2.45) is 22.2 Å². The van der Waals surface area contributed by atoms with Crippen molar-refractivity contribution in [2.75, 3.05) is 24.3 Å². The van der Waals surface area contributed by atoms with Crippen LogP contribution in [0.3, 0.4) is 0 Å². The van der Waals surface area contributed by atoms with Gasteiger partial charge in [-0.25, -0.2) is 4.79 Å². The molecule has 0 spiro atoms. The number of rotatable bonds is 17. The van der Waals surface area contributed by atoms with E-state index in [9.17, 15) is 29.1 Å². The van der Waals surface area contributed by atoms with Crippen molar-refractivity contribution < 1.29 is 34.2 Å². The Balaban J connectivity index is 5.22. The molecule has 0 aromatic rings. The number of carbonyl (C=O) groups is 5. The molecule has 0 heterocycles. The van der Waals surface area contributed by atoms with Crippen LogP contribution in [-0.4, -0.2) is 94.3 Å². The number of nitrogens with two attached hydrogens (primary N) is 3. The molecule has 0 aromatic heterocycles. The molecule has 0 radical (unpaired) electrons. The molecule has 16 heteroatoms. The van der Waals surface area contributed by atoms with E-state index < -0.39 is 60.2 Å². The predicted octanol–water partition coefficient (Wildman–Crippen LogP) is -2.94. The molecule has 0 bridgehead atoms. The summed E-state index contributed by atoms with van der Waals surface area (Å²) in [6, 6.07) is -5.04. The van der Waals surface area contributed by atoms with Gasteiger partial charge in [0.2, 0.25) is 17.7 Å². The van der Waals surface area contributed by atoms with Gasteiger partial charge in [-0.3, -0.25) is 24.2 Å². The SMILES string of the molecule is CSCCC(N)C(=O)NC(CS)C(=O)NC(CC(=O)O)C(=O)NC(CCCN=C(N)N)C(=O)O. The topological polar surface area (TPSA) is 252 Å². The molecule has 11 N–H and O–H groups in total. The quantitative estimate of drug-likeness (QED) is 0.0403. The number of amides is 3. The number of carboxylic acids is 2. The van der Waals surface area contributed by atoms with Crippen molar-refractivity contribution in [1.82, 2.24) is 16.0 Å². The third kappa shape index (κ3) is 13.1. The van der Waals surface area contributed by atoms with Crippen molar-refractivity contribution >= 4 is 60.0 Å². The number of guanidine groups is 1. The molecule has 0 aliphatic heterocycles. The van der Waals surface area contributed by atoms with Crippen LogP contribution in [0.1, 0.15) is 25.7 Å². The summed E-state index contributed by atoms with van der Waals surface area (Å²) in [5, 5.41) is 25.3. The van der Waals surface area contributed by atoms with Crippen LogP contribution in [0.2, 0.25) is 0 Å². The number of nitrogens with one attached hydrogen (secondary N) is 3. The number of thioether (sulfide) groups is 1. The maximum absolute atomic E-state index is 12.6. The predicted molar refractivity (Wildman–Crippen MR) is 130 cm³/mol. The molecule has 0 aromatic carbocycles. The minimum atomic E-state index is -1.60. The summed E-state index contributed by atoms with van der Waals surface area (Å²) in [6.07, 6.45) is 1.57. The number of hydrogen-bond acceptors (Lipinski definition) is 9. The fourth-order valence-corrected chi connectivity index (χ4v) is 3.28. The van der Waals surface area contributed by atoms with Gasteiger partial charge < -0.3 is 43.4 Å². The second-order valence-electron chi connectivity index (χ2n) is 7.14. The van der Waals surface area contributed by atoms with Crippen LogP contribution in [-0.2, 0) is 24.0 Å². The summed E-state index contributed by atoms with van der Waals surface area (Å²) < 4.78 is 0. The van der Waals surface area contributed by atoms with Crippen LogP contribution < -0.4 is 33.2 Å². The van der Waals surface area contributed by atoms with Gasteiger partial charge in [-0.05, 0) is 31.3 Å². The molecule has 4 atom stereocenters. The Bertz CT molecular complexity index is 750. The molecule has 0 aliphatic rings. The molecule has 4 unspecified atom stereocenters. The van der Waals surface area contributed by atoms with Crippen molar-refractivity contribution in [2.45, 2.75) is 49.9 Å². The summed E-state index contributed by atoms with van der Waals surface area (Å²) >= 11 is 5.51. The number of aliphatic carboxylic acids is 2. The average Bonchev–Trinajstić information content (AvgIpc) is 2.76. The first-order chi connectivity index (χ1) is 15.9. The molecule has 3 amide bonds. The third-order valence-corrected chi connectivity index (χ3v) is 5.37. The fraction of sp³-hybridized carbons (Fsp3) is 0.667. The van der Waals surface area contributed by atoms with Crippen LogP contribution in [0, 0.1) is 0 Å². The van der Waals surface area contributed by atoms with Gasteiger partial charge in [0.05, 0.1) is 12.5 Å². The van der Waals surface area contributed by atoms with Gasteiger partial charge in [0.25, 0.3) is 0 Å². The minimum absolute atomic E-state index is 0.0468. The van der Waals surface area contributed by atoms with Gasteiger partial charge in [0.1, 0.15) is 18.1 Å². The number of carboxylic acid groups (broad SMARTS) is 2. The molecular weight excluding hydrogens is 490 g/mol. The zero-order valence-electron chi connectivity index (χ0n) is 18.7. The highest BCUT2D eigenvalue weighted by Gasteiger charge is 2.31. The Morgan fingerprint density at radius 1 is 0.941 bits per heavy atom. The lowest BCUT2D eigenvalue weighted by Gasteiger charge is -2.23. The van der Waals surface area contributed by atoms with E-state index in [0.717, 1.165) is 0 Å². The van der Waals surface area contributed by atoms with E-state index in [1.54, 1.807) is 0 Å². The van der Waals surface area contributed by atoms with Gasteiger partial charge in [-0.2, -0.15) is 24.4 Å². The maximum atomic E-state index is 12.6. The molecule has 34 heavy (non-hydrogen) atoms. The Morgan fingerprint density at radius 2 is 1.50 bits per heavy atom. The van der Waals surface area contributed by atoms with Gasteiger partial charge in [0, 0.05) is 12.3 Å². The normalized spacial score (nSPS) is 14.1. The van der Waals surface area contributed by atoms with E-state index in [-0.39, 0.29) is 31.1 Å². The Labute approximate surface area is 206 Å². The highest BCUT2D eigenvalue weighted by molar-refractivity contribution is 7.98. The molecule has 0 fully saturated rings. The summed E-state index contributed by atoms with van der Waals surface area (Å²) in [7, 11) is 0. The van der Waals surface area contributed by atoms with E-state index >= 15 is 0 Å². The van der Waals surface area contributed by atoms with E-state index in [1.807, 2.05) is 6.26 Å². The lowest BCUT2D eigenvalue weighted by Crippen LogP contribution is -2.58. The largest absolute Gasteiger partial charge is 0.481 e. The second kappa shape index (κ2) is 16.8. The van der Waals surface area contributed by atoms with Crippen molar-refractivity contribution in [1.29, 1.82) is 0 Å². The van der Waals surface area contributed by atoms with Crippen molar-refractivity contribution in [3.8, 4) is 0 Å². The minimum Gasteiger partial charge on any atom is -0.481 e. The zero-order chi connectivity index (χ0) is 26.3. The Hall–Kier alpha value is -2.72. The zero-order valence-corrected chi connectivity index (χ0v) is 20.4. The smallest absolute Gasteiger partial charge is 0.326 e. The maximum Gasteiger partial charge on any atom is 0.326 e. The van der Waals surface area contributed by atoms with Gasteiger partial charge >= 0.3 is 11.9 Å².